The van der Waals surface area contributed by atoms with E-state index in [0.29, 0.717) is 25.3 Å². The monoisotopic (exact) mass is 456 g/mol. The molecule has 1 fully saturated rings. The van der Waals surface area contributed by atoms with Crippen LogP contribution in [0.4, 0.5) is 5.82 Å². The molecule has 1 amide bonds. The number of nitrogens with zero attached hydrogens (tertiary/aromatic N) is 6. The van der Waals surface area contributed by atoms with Crippen molar-refractivity contribution in [3.63, 3.8) is 0 Å². The number of primary sulfonamides is 1. The highest BCUT2D eigenvalue weighted by atomic mass is 32.2. The van der Waals surface area contributed by atoms with Crippen molar-refractivity contribution < 1.29 is 13.2 Å². The molecule has 11 nitrogen and oxygen atoms in total. The summed E-state index contributed by atoms with van der Waals surface area (Å²) in [4.78, 5) is 18.7. The number of nitrogens with two attached hydrogens (primary N) is 1. The van der Waals surface area contributed by atoms with E-state index >= 15 is 0 Å². The summed E-state index contributed by atoms with van der Waals surface area (Å²) in [5, 5.41) is 20.6. The summed E-state index contributed by atoms with van der Waals surface area (Å²) in [5.74, 6) is 1.17. The Morgan fingerprint density at radius 1 is 1.12 bits per heavy atom. The summed E-state index contributed by atoms with van der Waals surface area (Å²) in [7, 11) is -3.70. The van der Waals surface area contributed by atoms with E-state index < -0.39 is 10.0 Å². The molecule has 3 aromatic rings. The van der Waals surface area contributed by atoms with Crippen LogP contribution in [0.15, 0.2) is 53.9 Å². The molecule has 1 atom stereocenters. The summed E-state index contributed by atoms with van der Waals surface area (Å²) in [5.41, 5.74) is 0.922. The van der Waals surface area contributed by atoms with E-state index in [1.807, 2.05) is 12.1 Å². The van der Waals surface area contributed by atoms with Gasteiger partial charge in [0.15, 0.2) is 11.6 Å². The lowest BCUT2D eigenvalue weighted by atomic mass is 9.97. The third-order valence-corrected chi connectivity index (χ3v) is 6.30. The number of aromatic nitrogens is 5. The van der Waals surface area contributed by atoms with E-state index in [4.69, 9.17) is 5.14 Å². The van der Waals surface area contributed by atoms with Crippen LogP contribution in [0.5, 0.6) is 0 Å². The SMILES string of the molecule is NS(=O)(=O)c1ccc(CCNC(=O)C2CCCN(c3ccc(-n4cncn4)nn3)C2)cc1. The zero-order valence-corrected chi connectivity index (χ0v) is 18.1. The van der Waals surface area contributed by atoms with Crippen molar-refractivity contribution >= 4 is 21.7 Å². The minimum atomic E-state index is -3.70. The Hall–Kier alpha value is -3.38. The molecule has 0 spiro atoms. The number of anilines is 1. The van der Waals surface area contributed by atoms with Gasteiger partial charge in [0, 0.05) is 19.6 Å². The predicted octanol–water partition coefficient (Wildman–Crippen LogP) is 0.280. The van der Waals surface area contributed by atoms with Crippen molar-refractivity contribution in [1.82, 2.24) is 30.3 Å². The maximum Gasteiger partial charge on any atom is 0.238 e. The molecule has 1 aromatic carbocycles. The molecule has 0 saturated carbocycles. The Balaban J connectivity index is 1.29. The molecular formula is C20H24N8O3S. The molecule has 0 radical (unpaired) electrons. The molecule has 3 heterocycles. The summed E-state index contributed by atoms with van der Waals surface area (Å²) >= 11 is 0. The molecule has 2 aromatic heterocycles. The lowest BCUT2D eigenvalue weighted by Gasteiger charge is -2.32. The van der Waals surface area contributed by atoms with Gasteiger partial charge in [0.1, 0.15) is 12.7 Å². The zero-order valence-electron chi connectivity index (χ0n) is 17.3. The number of sulfonamides is 1. The van der Waals surface area contributed by atoms with Crippen LogP contribution in [0.3, 0.4) is 0 Å². The van der Waals surface area contributed by atoms with Crippen LogP contribution >= 0.6 is 0 Å². The maximum atomic E-state index is 12.7. The second-order valence-corrected chi connectivity index (χ2v) is 9.17. The first-order valence-corrected chi connectivity index (χ1v) is 11.8. The standard InChI is InChI=1S/C20H24N8O3S/c21-32(30,31)17-5-3-15(4-6-17)9-10-23-20(29)16-2-1-11-27(12-16)18-7-8-19(26-25-18)28-14-22-13-24-28/h3-8,13-14,16H,1-2,9-12H2,(H,23,29)(H2,21,30,31). The highest BCUT2D eigenvalue weighted by molar-refractivity contribution is 7.89. The highest BCUT2D eigenvalue weighted by Crippen LogP contribution is 2.22. The van der Waals surface area contributed by atoms with Crippen LogP contribution in [0.2, 0.25) is 0 Å². The van der Waals surface area contributed by atoms with Crippen LogP contribution in [-0.4, -0.2) is 58.9 Å². The van der Waals surface area contributed by atoms with E-state index in [9.17, 15) is 13.2 Å². The van der Waals surface area contributed by atoms with Gasteiger partial charge in [-0.1, -0.05) is 12.1 Å². The molecule has 32 heavy (non-hydrogen) atoms. The van der Waals surface area contributed by atoms with Crippen LogP contribution in [0.25, 0.3) is 5.82 Å². The van der Waals surface area contributed by atoms with Gasteiger partial charge in [0.05, 0.1) is 10.8 Å². The Morgan fingerprint density at radius 2 is 1.88 bits per heavy atom. The van der Waals surface area contributed by atoms with Gasteiger partial charge < -0.3 is 10.2 Å². The van der Waals surface area contributed by atoms with Gasteiger partial charge in [0.25, 0.3) is 0 Å². The molecule has 1 unspecified atom stereocenters. The maximum absolute atomic E-state index is 12.7. The first-order valence-electron chi connectivity index (χ1n) is 10.2. The molecule has 3 N–H and O–H groups in total. The van der Waals surface area contributed by atoms with Gasteiger partial charge in [-0.3, -0.25) is 4.79 Å². The summed E-state index contributed by atoms with van der Waals surface area (Å²) in [6.45, 7) is 1.86. The Labute approximate surface area is 185 Å². The van der Waals surface area contributed by atoms with E-state index in [1.165, 1.54) is 23.1 Å². The fourth-order valence-corrected chi connectivity index (χ4v) is 4.17. The molecule has 0 aliphatic carbocycles. The average molecular weight is 457 g/mol. The van der Waals surface area contributed by atoms with Crippen LogP contribution in [0, 0.1) is 5.92 Å². The minimum Gasteiger partial charge on any atom is -0.355 e. The smallest absolute Gasteiger partial charge is 0.238 e. The van der Waals surface area contributed by atoms with E-state index in [1.54, 1.807) is 18.5 Å². The van der Waals surface area contributed by atoms with Crippen molar-refractivity contribution in [3.05, 3.63) is 54.6 Å². The number of benzene rings is 1. The third kappa shape index (κ3) is 5.26. The second kappa shape index (κ2) is 9.40. The molecule has 0 bridgehead atoms. The van der Waals surface area contributed by atoms with Gasteiger partial charge in [0.2, 0.25) is 15.9 Å². The number of piperidine rings is 1. The quantitative estimate of drug-likeness (QED) is 0.515. The predicted molar refractivity (Wildman–Crippen MR) is 116 cm³/mol. The van der Waals surface area contributed by atoms with Gasteiger partial charge >= 0.3 is 0 Å². The summed E-state index contributed by atoms with van der Waals surface area (Å²) in [6, 6.07) is 10.0. The molecule has 1 saturated heterocycles. The largest absolute Gasteiger partial charge is 0.355 e. The molecule has 12 heteroatoms. The van der Waals surface area contributed by atoms with Crippen LogP contribution in [-0.2, 0) is 21.2 Å². The number of nitrogens with one attached hydrogen (secondary N) is 1. The third-order valence-electron chi connectivity index (χ3n) is 5.37. The fourth-order valence-electron chi connectivity index (χ4n) is 3.65. The van der Waals surface area contributed by atoms with Crippen molar-refractivity contribution in [2.45, 2.75) is 24.2 Å². The normalized spacial score (nSPS) is 16.7. The number of hydrogen-bond acceptors (Lipinski definition) is 8. The van der Waals surface area contributed by atoms with Crippen molar-refractivity contribution in [2.24, 2.45) is 11.1 Å². The molecule has 4 rings (SSSR count). The molecule has 1 aliphatic heterocycles. The van der Waals surface area contributed by atoms with E-state index in [-0.39, 0.29) is 16.7 Å². The van der Waals surface area contributed by atoms with E-state index in [2.05, 4.69) is 30.5 Å². The van der Waals surface area contributed by atoms with Crippen LogP contribution in [0.1, 0.15) is 18.4 Å². The average Bonchev–Trinajstić information content (AvgIpc) is 3.34. The first-order chi connectivity index (χ1) is 15.4. The Morgan fingerprint density at radius 3 is 2.53 bits per heavy atom. The fraction of sp³-hybridized carbons (Fsp3) is 0.350. The molecule has 168 valence electrons. The van der Waals surface area contributed by atoms with Crippen molar-refractivity contribution in [1.29, 1.82) is 0 Å². The molecule has 1 aliphatic rings. The number of carbonyl (C=O) groups is 1. The topological polar surface area (TPSA) is 149 Å². The van der Waals surface area contributed by atoms with Gasteiger partial charge in [-0.15, -0.1) is 10.2 Å². The number of hydrogen-bond donors (Lipinski definition) is 2. The first kappa shape index (κ1) is 21.8. The Kier molecular flexibility index (Phi) is 6.42. The zero-order chi connectivity index (χ0) is 22.6. The second-order valence-electron chi connectivity index (χ2n) is 7.60. The summed E-state index contributed by atoms with van der Waals surface area (Å²) < 4.78 is 24.2. The van der Waals surface area contributed by atoms with Gasteiger partial charge in [-0.05, 0) is 49.1 Å². The number of carbonyl (C=O) groups excluding carboxylic acids is 1. The molecular weight excluding hydrogens is 432 g/mol. The van der Waals surface area contributed by atoms with Gasteiger partial charge in [-0.2, -0.15) is 5.10 Å². The highest BCUT2D eigenvalue weighted by Gasteiger charge is 2.26. The van der Waals surface area contributed by atoms with Crippen LogP contribution < -0.4 is 15.4 Å². The van der Waals surface area contributed by atoms with Crippen molar-refractivity contribution in [2.75, 3.05) is 24.5 Å². The Bertz CT molecular complexity index is 1150. The van der Waals surface area contributed by atoms with Crippen molar-refractivity contribution in [3.8, 4) is 5.82 Å². The summed E-state index contributed by atoms with van der Waals surface area (Å²) in [6.07, 6.45) is 5.29. The number of amides is 1. The van der Waals surface area contributed by atoms with Gasteiger partial charge in [-0.25, -0.2) is 23.2 Å². The minimum absolute atomic E-state index is 0.00282. The number of rotatable bonds is 7. The lowest BCUT2D eigenvalue weighted by Crippen LogP contribution is -2.43. The lowest BCUT2D eigenvalue weighted by molar-refractivity contribution is -0.125. The van der Waals surface area contributed by atoms with E-state index in [0.717, 1.165) is 30.8 Å².